The van der Waals surface area contributed by atoms with Gasteiger partial charge < -0.3 is 4.74 Å². The van der Waals surface area contributed by atoms with E-state index in [2.05, 4.69) is 35.3 Å². The second-order valence-electron chi connectivity index (χ2n) is 3.68. The van der Waals surface area contributed by atoms with E-state index in [1.165, 1.54) is 16.7 Å². The molecule has 0 aliphatic carbocycles. The third-order valence-corrected chi connectivity index (χ3v) is 3.41. The van der Waals surface area contributed by atoms with Gasteiger partial charge in [-0.25, -0.2) is 4.98 Å². The smallest absolute Gasteiger partial charge is 0.116 e. The summed E-state index contributed by atoms with van der Waals surface area (Å²) in [4.78, 5) is 4.23. The van der Waals surface area contributed by atoms with Crippen molar-refractivity contribution >= 4 is 23.5 Å². The van der Waals surface area contributed by atoms with Crippen LogP contribution in [0.1, 0.15) is 21.7 Å². The van der Waals surface area contributed by atoms with Gasteiger partial charge in [-0.15, -0.1) is 11.3 Å². The summed E-state index contributed by atoms with van der Waals surface area (Å²) in [6.45, 7) is 1.47. The first-order valence-electron chi connectivity index (χ1n) is 5.19. The number of aromatic nitrogens is 1. The summed E-state index contributed by atoms with van der Waals surface area (Å²) in [5, 5.41) is 3.02. The van der Waals surface area contributed by atoms with E-state index in [1.807, 2.05) is 11.6 Å². The van der Waals surface area contributed by atoms with Gasteiger partial charge in [0.25, 0.3) is 0 Å². The summed E-state index contributed by atoms with van der Waals surface area (Å²) in [6, 6.07) is 6.33. The zero-order valence-corrected chi connectivity index (χ0v) is 9.54. The molecule has 0 unspecified atom stereocenters. The monoisotopic (exact) mass is 229 g/mol. The van der Waals surface area contributed by atoms with E-state index in [0.717, 1.165) is 18.2 Å². The van der Waals surface area contributed by atoms with E-state index < -0.39 is 0 Å². The average Bonchev–Trinajstić information content (AvgIpc) is 2.97. The van der Waals surface area contributed by atoms with E-state index >= 15 is 0 Å². The molecule has 3 rings (SSSR count). The fraction of sp³-hybridized carbons (Fsp3) is 0.154. The van der Waals surface area contributed by atoms with Crippen LogP contribution in [-0.2, 0) is 18.0 Å². The molecule has 1 aromatic carbocycles. The molecule has 1 aromatic heterocycles. The molecule has 1 aliphatic rings. The molecule has 16 heavy (non-hydrogen) atoms. The largest absolute Gasteiger partial charge is 0.372 e. The van der Waals surface area contributed by atoms with Crippen LogP contribution in [0.5, 0.6) is 0 Å². The highest BCUT2D eigenvalue weighted by Gasteiger charge is 2.12. The van der Waals surface area contributed by atoms with Crippen molar-refractivity contribution < 1.29 is 4.74 Å². The highest BCUT2D eigenvalue weighted by atomic mass is 32.1. The Morgan fingerprint density at radius 2 is 2.25 bits per heavy atom. The van der Waals surface area contributed by atoms with Crippen molar-refractivity contribution in [1.29, 1.82) is 0 Å². The lowest BCUT2D eigenvalue weighted by Gasteiger charge is -2.00. The molecule has 2 heterocycles. The van der Waals surface area contributed by atoms with E-state index in [1.54, 1.807) is 11.3 Å². The Kier molecular flexibility index (Phi) is 2.56. The van der Waals surface area contributed by atoms with Crippen LogP contribution in [-0.4, -0.2) is 4.98 Å². The first kappa shape index (κ1) is 9.75. The van der Waals surface area contributed by atoms with Crippen molar-refractivity contribution in [1.82, 2.24) is 4.98 Å². The zero-order valence-electron chi connectivity index (χ0n) is 8.72. The van der Waals surface area contributed by atoms with Crippen LogP contribution in [0.2, 0.25) is 0 Å². The van der Waals surface area contributed by atoms with Gasteiger partial charge in [0.05, 0.1) is 13.2 Å². The number of rotatable bonds is 2. The van der Waals surface area contributed by atoms with E-state index in [4.69, 9.17) is 4.74 Å². The Bertz CT molecular complexity index is 517. The van der Waals surface area contributed by atoms with Crippen LogP contribution in [0.25, 0.3) is 12.2 Å². The molecule has 0 fully saturated rings. The normalized spacial score (nSPS) is 14.5. The minimum atomic E-state index is 0.730. The topological polar surface area (TPSA) is 22.1 Å². The first-order chi connectivity index (χ1) is 7.93. The van der Waals surface area contributed by atoms with Crippen molar-refractivity contribution in [3.8, 4) is 0 Å². The molecule has 0 saturated heterocycles. The summed E-state index contributed by atoms with van der Waals surface area (Å²) in [7, 11) is 0. The number of hydrogen-bond donors (Lipinski definition) is 0. The average molecular weight is 229 g/mol. The highest BCUT2D eigenvalue weighted by molar-refractivity contribution is 7.10. The highest BCUT2D eigenvalue weighted by Crippen LogP contribution is 2.24. The van der Waals surface area contributed by atoms with Gasteiger partial charge in [0.2, 0.25) is 0 Å². The molecule has 0 spiro atoms. The Labute approximate surface area is 98.2 Å². The van der Waals surface area contributed by atoms with Gasteiger partial charge in [0.1, 0.15) is 5.01 Å². The summed E-state index contributed by atoms with van der Waals surface area (Å²) in [6.07, 6.45) is 5.99. The van der Waals surface area contributed by atoms with Crippen LogP contribution in [0.4, 0.5) is 0 Å². The molecule has 80 valence electrons. The lowest BCUT2D eigenvalue weighted by molar-refractivity contribution is 0.134. The van der Waals surface area contributed by atoms with Crippen molar-refractivity contribution in [3.05, 3.63) is 51.5 Å². The number of thiazole rings is 1. The number of hydrogen-bond acceptors (Lipinski definition) is 3. The van der Waals surface area contributed by atoms with E-state index in [-0.39, 0.29) is 0 Å². The molecule has 0 radical (unpaired) electrons. The Hall–Kier alpha value is -1.45. The minimum Gasteiger partial charge on any atom is -0.372 e. The van der Waals surface area contributed by atoms with Gasteiger partial charge in [0.15, 0.2) is 0 Å². The second-order valence-corrected chi connectivity index (χ2v) is 4.61. The Balaban J connectivity index is 1.93. The summed E-state index contributed by atoms with van der Waals surface area (Å²) < 4.78 is 5.45. The van der Waals surface area contributed by atoms with Gasteiger partial charge in [-0.2, -0.15) is 0 Å². The van der Waals surface area contributed by atoms with Gasteiger partial charge in [-0.3, -0.25) is 0 Å². The lowest BCUT2D eigenvalue weighted by Crippen LogP contribution is -1.86. The number of nitrogens with zero attached hydrogens (tertiary/aromatic N) is 1. The molecule has 0 bridgehead atoms. The second kappa shape index (κ2) is 4.20. The molecule has 0 saturated carbocycles. The molecule has 0 N–H and O–H groups in total. The van der Waals surface area contributed by atoms with Crippen molar-refractivity contribution in [2.45, 2.75) is 13.2 Å². The number of benzene rings is 1. The molecular formula is C13H11NOS. The van der Waals surface area contributed by atoms with Crippen LogP contribution in [0.3, 0.4) is 0 Å². The maximum Gasteiger partial charge on any atom is 0.116 e. The standard InChI is InChI=1S/C13H11NOS/c1-2-10(4-5-13-14-6-7-16-13)12-9-15-8-11(12)3-1/h1-7H,8-9H2/b5-4+. The molecule has 0 amide bonds. The molecule has 3 heteroatoms. The Morgan fingerprint density at radius 3 is 3.12 bits per heavy atom. The predicted octanol–water partition coefficient (Wildman–Crippen LogP) is 3.34. The minimum absolute atomic E-state index is 0.730. The van der Waals surface area contributed by atoms with Gasteiger partial charge >= 0.3 is 0 Å². The zero-order chi connectivity index (χ0) is 10.8. The predicted molar refractivity (Wildman–Crippen MR) is 66.0 cm³/mol. The van der Waals surface area contributed by atoms with E-state index in [0.29, 0.717) is 0 Å². The van der Waals surface area contributed by atoms with Crippen molar-refractivity contribution in [2.24, 2.45) is 0 Å². The van der Waals surface area contributed by atoms with Crippen molar-refractivity contribution in [2.75, 3.05) is 0 Å². The van der Waals surface area contributed by atoms with Crippen molar-refractivity contribution in [3.63, 3.8) is 0 Å². The third-order valence-electron chi connectivity index (χ3n) is 2.67. The molecule has 2 aromatic rings. The van der Waals surface area contributed by atoms with E-state index in [9.17, 15) is 0 Å². The SMILES string of the molecule is C(=C\c1cccc2c1COC2)/c1nccs1. The molecule has 2 nitrogen and oxygen atoms in total. The molecular weight excluding hydrogens is 218 g/mol. The third kappa shape index (κ3) is 1.79. The fourth-order valence-electron chi connectivity index (χ4n) is 1.86. The number of fused-ring (bicyclic) bond motifs is 1. The quantitative estimate of drug-likeness (QED) is 0.788. The van der Waals surface area contributed by atoms with Gasteiger partial charge in [0, 0.05) is 11.6 Å². The van der Waals surface area contributed by atoms with Crippen LogP contribution in [0.15, 0.2) is 29.8 Å². The summed E-state index contributed by atoms with van der Waals surface area (Å²) >= 11 is 1.65. The maximum atomic E-state index is 5.45. The fourth-order valence-corrected chi connectivity index (χ4v) is 2.39. The molecule has 0 atom stereocenters. The van der Waals surface area contributed by atoms with Gasteiger partial charge in [-0.1, -0.05) is 24.3 Å². The van der Waals surface area contributed by atoms with Crippen LogP contribution >= 0.6 is 11.3 Å². The first-order valence-corrected chi connectivity index (χ1v) is 6.07. The molecule has 1 aliphatic heterocycles. The van der Waals surface area contributed by atoms with Gasteiger partial charge in [-0.05, 0) is 22.8 Å². The summed E-state index contributed by atoms with van der Waals surface area (Å²) in [5.41, 5.74) is 3.86. The number of ether oxygens (including phenoxy) is 1. The lowest BCUT2D eigenvalue weighted by atomic mass is 10.0. The van der Waals surface area contributed by atoms with Crippen LogP contribution < -0.4 is 0 Å². The maximum absolute atomic E-state index is 5.45. The Morgan fingerprint density at radius 1 is 1.25 bits per heavy atom. The van der Waals surface area contributed by atoms with Crippen LogP contribution in [0, 0.1) is 0 Å². The summed E-state index contributed by atoms with van der Waals surface area (Å²) in [5.74, 6) is 0.